The first-order valence-electron chi connectivity index (χ1n) is 6.81. The average molecular weight is 340 g/mol. The molecule has 0 fully saturated rings. The molecule has 2 N–H and O–H groups in total. The molecule has 6 nitrogen and oxygen atoms in total. The summed E-state index contributed by atoms with van der Waals surface area (Å²) < 4.78 is 5.47. The van der Waals surface area contributed by atoms with Gasteiger partial charge in [-0.15, -0.1) is 5.10 Å². The van der Waals surface area contributed by atoms with Gasteiger partial charge in [-0.2, -0.15) is 0 Å². The highest BCUT2D eigenvalue weighted by molar-refractivity contribution is 6.30. The van der Waals surface area contributed by atoms with Gasteiger partial charge in [-0.1, -0.05) is 46.9 Å². The maximum atomic E-state index is 11.0. The molecule has 1 heterocycles. The summed E-state index contributed by atoms with van der Waals surface area (Å²) in [6, 6.07) is 14.4. The van der Waals surface area contributed by atoms with E-state index >= 15 is 0 Å². The van der Waals surface area contributed by atoms with Crippen LogP contribution in [0.15, 0.2) is 48.5 Å². The lowest BCUT2D eigenvalue weighted by molar-refractivity contribution is 0.0687. The number of aromatic carboxylic acids is 1. The van der Waals surface area contributed by atoms with E-state index in [1.54, 1.807) is 18.2 Å². The average Bonchev–Trinajstić information content (AvgIpc) is 3.02. The molecule has 24 heavy (non-hydrogen) atoms. The van der Waals surface area contributed by atoms with E-state index < -0.39 is 5.97 Å². The molecule has 0 atom stereocenters. The van der Waals surface area contributed by atoms with Crippen LogP contribution < -0.4 is 4.74 Å². The number of rotatable bonds is 3. The van der Waals surface area contributed by atoms with Crippen molar-refractivity contribution in [2.45, 2.75) is 0 Å². The van der Waals surface area contributed by atoms with Gasteiger partial charge in [0.1, 0.15) is 5.75 Å². The van der Waals surface area contributed by atoms with Crippen molar-refractivity contribution in [3.63, 3.8) is 0 Å². The van der Waals surface area contributed by atoms with Crippen LogP contribution in [0.2, 0.25) is 5.02 Å². The van der Waals surface area contributed by atoms with Crippen molar-refractivity contribution in [1.82, 2.24) is 15.4 Å². The second kappa shape index (κ2) is 6.86. The Balaban J connectivity index is 1.88. The van der Waals surface area contributed by atoms with E-state index in [1.165, 1.54) is 0 Å². The number of carboxylic acids is 1. The van der Waals surface area contributed by atoms with Gasteiger partial charge in [0.25, 0.3) is 5.88 Å². The van der Waals surface area contributed by atoms with Crippen LogP contribution in [0.4, 0.5) is 0 Å². The Kier molecular flexibility index (Phi) is 4.45. The van der Waals surface area contributed by atoms with Gasteiger partial charge in [0.15, 0.2) is 0 Å². The van der Waals surface area contributed by atoms with Gasteiger partial charge in [-0.05, 0) is 30.3 Å². The third-order valence-electron chi connectivity index (χ3n) is 2.94. The number of aromatic nitrogens is 3. The van der Waals surface area contributed by atoms with Crippen molar-refractivity contribution < 1.29 is 14.6 Å². The normalized spacial score (nSPS) is 9.88. The number of carboxylic acid groups (broad SMARTS) is 1. The van der Waals surface area contributed by atoms with Gasteiger partial charge in [0.2, 0.25) is 5.69 Å². The molecule has 0 radical (unpaired) electrons. The molecule has 118 valence electrons. The topological polar surface area (TPSA) is 88.1 Å². The van der Waals surface area contributed by atoms with E-state index in [0.29, 0.717) is 16.3 Å². The van der Waals surface area contributed by atoms with Gasteiger partial charge in [-0.3, -0.25) is 0 Å². The third kappa shape index (κ3) is 3.72. The molecule has 2 aromatic carbocycles. The molecule has 3 aromatic rings. The number of halogens is 1. The largest absolute Gasteiger partial charge is 0.476 e. The van der Waals surface area contributed by atoms with Crippen LogP contribution in [0.5, 0.6) is 11.6 Å². The Hall–Kier alpha value is -3.30. The Morgan fingerprint density at radius 3 is 2.62 bits per heavy atom. The fourth-order valence-corrected chi connectivity index (χ4v) is 2.13. The van der Waals surface area contributed by atoms with Crippen LogP contribution in [0, 0.1) is 11.8 Å². The molecule has 3 rings (SSSR count). The maximum absolute atomic E-state index is 11.0. The minimum absolute atomic E-state index is 0.0771. The number of H-pyrrole nitrogens is 1. The first kappa shape index (κ1) is 15.6. The van der Waals surface area contributed by atoms with E-state index in [4.69, 9.17) is 21.4 Å². The summed E-state index contributed by atoms with van der Waals surface area (Å²) in [5, 5.41) is 18.7. The third-order valence-corrected chi connectivity index (χ3v) is 3.15. The molecule has 0 saturated heterocycles. The zero-order chi connectivity index (χ0) is 16.9. The zero-order valence-electron chi connectivity index (χ0n) is 12.2. The van der Waals surface area contributed by atoms with Gasteiger partial charge >= 0.3 is 5.97 Å². The van der Waals surface area contributed by atoms with Crippen LogP contribution >= 0.6 is 11.6 Å². The number of ether oxygens (including phenoxy) is 1. The predicted octanol–water partition coefficient (Wildman–Crippen LogP) is 3.35. The molecule has 0 amide bonds. The molecular weight excluding hydrogens is 330 g/mol. The lowest BCUT2D eigenvalue weighted by atomic mass is 10.2. The van der Waals surface area contributed by atoms with E-state index in [2.05, 4.69) is 27.3 Å². The lowest BCUT2D eigenvalue weighted by Gasteiger charge is -2.04. The highest BCUT2D eigenvalue weighted by atomic mass is 35.5. The van der Waals surface area contributed by atoms with Crippen LogP contribution in [-0.4, -0.2) is 26.5 Å². The number of aromatic amines is 1. The summed E-state index contributed by atoms with van der Waals surface area (Å²) in [7, 11) is 0. The quantitative estimate of drug-likeness (QED) is 0.714. The highest BCUT2D eigenvalue weighted by Crippen LogP contribution is 2.26. The summed E-state index contributed by atoms with van der Waals surface area (Å²) in [5.74, 6) is 5.00. The fraction of sp³-hybridized carbons (Fsp3) is 0. The number of benzene rings is 2. The number of carbonyl (C=O) groups is 1. The summed E-state index contributed by atoms with van der Waals surface area (Å²) in [6.07, 6.45) is 0. The summed E-state index contributed by atoms with van der Waals surface area (Å²) in [6.45, 7) is 0. The molecule has 1 aromatic heterocycles. The molecule has 7 heteroatoms. The highest BCUT2D eigenvalue weighted by Gasteiger charge is 2.17. The minimum atomic E-state index is -1.25. The van der Waals surface area contributed by atoms with Crippen LogP contribution in [-0.2, 0) is 0 Å². The standard InChI is InChI=1S/C17H10ClN3O3/c18-13-8-12(7-6-11-4-2-1-3-5-11)9-14(10-13)24-16-15(17(22)23)19-21-20-16/h1-5,8-10H,(H,22,23)(H,19,20,21). The van der Waals surface area contributed by atoms with Crippen molar-refractivity contribution in [3.05, 3.63) is 70.4 Å². The van der Waals surface area contributed by atoms with Gasteiger partial charge in [0.05, 0.1) is 0 Å². The summed E-state index contributed by atoms with van der Waals surface area (Å²) in [4.78, 5) is 11.0. The summed E-state index contributed by atoms with van der Waals surface area (Å²) >= 11 is 6.07. The molecule has 0 unspecified atom stereocenters. The van der Waals surface area contributed by atoms with E-state index in [1.807, 2.05) is 30.3 Å². The van der Waals surface area contributed by atoms with Crippen molar-refractivity contribution in [2.75, 3.05) is 0 Å². The Morgan fingerprint density at radius 2 is 1.88 bits per heavy atom. The SMILES string of the molecule is O=C(O)c1nn[nH]c1Oc1cc(Cl)cc(C#Cc2ccccc2)c1. The Labute approximate surface area is 142 Å². The molecule has 0 spiro atoms. The van der Waals surface area contributed by atoms with Gasteiger partial charge in [-0.25, -0.2) is 9.89 Å². The molecule has 0 saturated carbocycles. The van der Waals surface area contributed by atoms with E-state index in [-0.39, 0.29) is 11.6 Å². The first-order chi connectivity index (χ1) is 11.6. The van der Waals surface area contributed by atoms with Crippen LogP contribution in [0.1, 0.15) is 21.6 Å². The van der Waals surface area contributed by atoms with Crippen LogP contribution in [0.25, 0.3) is 0 Å². The monoisotopic (exact) mass is 339 g/mol. The number of nitrogens with zero attached hydrogens (tertiary/aromatic N) is 2. The van der Waals surface area contributed by atoms with Crippen LogP contribution in [0.3, 0.4) is 0 Å². The second-order valence-electron chi connectivity index (χ2n) is 4.69. The van der Waals surface area contributed by atoms with Gasteiger partial charge < -0.3 is 9.84 Å². The molecule has 0 bridgehead atoms. The molecule has 0 aliphatic heterocycles. The maximum Gasteiger partial charge on any atom is 0.362 e. The second-order valence-corrected chi connectivity index (χ2v) is 5.12. The van der Waals surface area contributed by atoms with Crippen molar-refractivity contribution in [2.24, 2.45) is 0 Å². The number of nitrogens with one attached hydrogen (secondary N) is 1. The lowest BCUT2D eigenvalue weighted by Crippen LogP contribution is -1.99. The predicted molar refractivity (Wildman–Crippen MR) is 87.3 cm³/mol. The molecule has 0 aliphatic carbocycles. The summed E-state index contributed by atoms with van der Waals surface area (Å²) in [5.41, 5.74) is 1.18. The number of hydrogen-bond acceptors (Lipinski definition) is 4. The number of hydrogen-bond donors (Lipinski definition) is 2. The Bertz CT molecular complexity index is 942. The first-order valence-corrected chi connectivity index (χ1v) is 7.19. The molecule has 0 aliphatic rings. The van der Waals surface area contributed by atoms with Crippen molar-refractivity contribution >= 4 is 17.6 Å². The van der Waals surface area contributed by atoms with Crippen molar-refractivity contribution in [1.29, 1.82) is 0 Å². The minimum Gasteiger partial charge on any atom is -0.476 e. The van der Waals surface area contributed by atoms with E-state index in [9.17, 15) is 4.79 Å². The van der Waals surface area contributed by atoms with Gasteiger partial charge in [0, 0.05) is 16.1 Å². The fourth-order valence-electron chi connectivity index (χ4n) is 1.91. The Morgan fingerprint density at radius 1 is 1.12 bits per heavy atom. The van der Waals surface area contributed by atoms with Crippen molar-refractivity contribution in [3.8, 4) is 23.5 Å². The smallest absolute Gasteiger partial charge is 0.362 e. The molecular formula is C17H10ClN3O3. The van der Waals surface area contributed by atoms with E-state index in [0.717, 1.165) is 5.56 Å². The zero-order valence-corrected chi connectivity index (χ0v) is 12.9.